The molecule has 0 aliphatic carbocycles. The molecule has 0 aromatic carbocycles. The van der Waals surface area contributed by atoms with Gasteiger partial charge in [-0.3, -0.25) is 4.98 Å². The fourth-order valence-corrected chi connectivity index (χ4v) is 3.74. The highest BCUT2D eigenvalue weighted by atomic mass is 32.1. The summed E-state index contributed by atoms with van der Waals surface area (Å²) < 4.78 is 5.57. The predicted octanol–water partition coefficient (Wildman–Crippen LogP) is 4.17. The molecule has 7 heteroatoms. The van der Waals surface area contributed by atoms with Gasteiger partial charge in [-0.25, -0.2) is 9.97 Å². The zero-order chi connectivity index (χ0) is 16.5. The summed E-state index contributed by atoms with van der Waals surface area (Å²) in [5, 5.41) is 4.09. The lowest BCUT2D eigenvalue weighted by atomic mass is 10.1. The van der Waals surface area contributed by atoms with Crippen LogP contribution in [0.4, 0.5) is 0 Å². The summed E-state index contributed by atoms with van der Waals surface area (Å²) >= 11 is 1.56. The number of hydrogen-bond acceptors (Lipinski definition) is 7. The minimum Gasteiger partial charge on any atom is -0.491 e. The highest BCUT2D eigenvalue weighted by Gasteiger charge is 2.25. The third kappa shape index (κ3) is 2.56. The van der Waals surface area contributed by atoms with Gasteiger partial charge in [-0.15, -0.1) is 11.3 Å². The van der Waals surface area contributed by atoms with Crippen molar-refractivity contribution in [1.82, 2.24) is 15.0 Å². The van der Waals surface area contributed by atoms with Gasteiger partial charge in [0.15, 0.2) is 0 Å². The molecular formula is C17H14N4O2S. The lowest BCUT2D eigenvalue weighted by molar-refractivity contribution is 0.265. The fraction of sp³-hybridized carbons (Fsp3) is 0.235. The van der Waals surface area contributed by atoms with E-state index in [4.69, 9.17) is 4.74 Å². The van der Waals surface area contributed by atoms with Crippen molar-refractivity contribution in [2.45, 2.75) is 19.4 Å². The van der Waals surface area contributed by atoms with Gasteiger partial charge in [0, 0.05) is 24.4 Å². The van der Waals surface area contributed by atoms with E-state index < -0.39 is 6.04 Å². The number of nitroso groups, excluding NO2 is 1. The number of rotatable bonds is 3. The van der Waals surface area contributed by atoms with Crippen molar-refractivity contribution in [2.75, 3.05) is 6.61 Å². The molecule has 0 fully saturated rings. The molecule has 4 rings (SSSR count). The molecule has 3 aromatic heterocycles. The zero-order valence-corrected chi connectivity index (χ0v) is 13.8. The third-order valence-corrected chi connectivity index (χ3v) is 5.14. The van der Waals surface area contributed by atoms with Crippen molar-refractivity contribution in [3.8, 4) is 26.9 Å². The number of hydrogen-bond donors (Lipinski definition) is 0. The molecule has 0 saturated carbocycles. The molecule has 1 atom stereocenters. The standard InChI is InChI=1S/C17H14N4O2S/c1-10-16(24-17(19-10)11-3-2-7-18-9-11)13-4-5-14-15(20-13)12(21-22)6-8-23-14/h2-5,7,9,12H,6,8H2,1H3. The van der Waals surface area contributed by atoms with Crippen LogP contribution in [0.3, 0.4) is 0 Å². The van der Waals surface area contributed by atoms with Crippen molar-refractivity contribution >= 4 is 11.3 Å². The van der Waals surface area contributed by atoms with Crippen molar-refractivity contribution in [2.24, 2.45) is 5.18 Å². The van der Waals surface area contributed by atoms with E-state index in [1.807, 2.05) is 31.2 Å². The Morgan fingerprint density at radius 2 is 2.21 bits per heavy atom. The molecule has 6 nitrogen and oxygen atoms in total. The summed E-state index contributed by atoms with van der Waals surface area (Å²) in [6.45, 7) is 2.45. The molecule has 1 aliphatic heterocycles. The Morgan fingerprint density at radius 1 is 1.29 bits per heavy atom. The minimum absolute atomic E-state index is 0.445. The topological polar surface area (TPSA) is 77.3 Å². The van der Waals surface area contributed by atoms with Crippen LogP contribution in [0.1, 0.15) is 23.9 Å². The molecule has 0 saturated heterocycles. The molecule has 0 N–H and O–H groups in total. The Hall–Kier alpha value is -2.67. The lowest BCUT2D eigenvalue weighted by Gasteiger charge is -2.20. The van der Waals surface area contributed by atoms with Crippen molar-refractivity contribution in [3.05, 3.63) is 53.0 Å². The minimum atomic E-state index is -0.445. The Balaban J connectivity index is 1.77. The highest BCUT2D eigenvalue weighted by molar-refractivity contribution is 7.18. The average molecular weight is 338 g/mol. The molecule has 0 amide bonds. The number of pyridine rings is 2. The maximum atomic E-state index is 11.1. The number of fused-ring (bicyclic) bond motifs is 1. The summed E-state index contributed by atoms with van der Waals surface area (Å²) in [5.41, 5.74) is 3.28. The molecule has 0 radical (unpaired) electrons. The van der Waals surface area contributed by atoms with E-state index in [-0.39, 0.29) is 0 Å². The molecule has 0 spiro atoms. The van der Waals surface area contributed by atoms with Crippen LogP contribution in [0.5, 0.6) is 5.75 Å². The van der Waals surface area contributed by atoms with Gasteiger partial charge in [0.1, 0.15) is 22.5 Å². The first-order valence-electron chi connectivity index (χ1n) is 7.60. The molecule has 0 bridgehead atoms. The van der Waals surface area contributed by atoms with Crippen LogP contribution in [-0.4, -0.2) is 21.6 Å². The Morgan fingerprint density at radius 3 is 3.00 bits per heavy atom. The second-order valence-electron chi connectivity index (χ2n) is 5.51. The van der Waals surface area contributed by atoms with Crippen LogP contribution < -0.4 is 4.74 Å². The molecule has 1 unspecified atom stereocenters. The Kier molecular flexibility index (Phi) is 3.78. The summed E-state index contributed by atoms with van der Waals surface area (Å²) in [6.07, 6.45) is 4.10. The van der Waals surface area contributed by atoms with E-state index in [1.165, 1.54) is 0 Å². The first-order valence-corrected chi connectivity index (χ1v) is 8.42. The fourth-order valence-electron chi connectivity index (χ4n) is 2.72. The molecule has 24 heavy (non-hydrogen) atoms. The van der Waals surface area contributed by atoms with Crippen LogP contribution in [-0.2, 0) is 0 Å². The van der Waals surface area contributed by atoms with E-state index in [0.29, 0.717) is 24.5 Å². The van der Waals surface area contributed by atoms with E-state index in [9.17, 15) is 4.91 Å². The lowest BCUT2D eigenvalue weighted by Crippen LogP contribution is -2.14. The van der Waals surface area contributed by atoms with E-state index >= 15 is 0 Å². The van der Waals surface area contributed by atoms with Gasteiger partial charge in [0.25, 0.3) is 0 Å². The first kappa shape index (κ1) is 14.9. The van der Waals surface area contributed by atoms with E-state index in [2.05, 4.69) is 20.1 Å². The van der Waals surface area contributed by atoms with Crippen LogP contribution >= 0.6 is 11.3 Å². The molecule has 3 aromatic rings. The van der Waals surface area contributed by atoms with E-state index in [0.717, 1.165) is 26.8 Å². The molecule has 4 heterocycles. The molecular weight excluding hydrogens is 324 g/mol. The molecule has 1 aliphatic rings. The maximum Gasteiger partial charge on any atom is 0.143 e. The summed E-state index contributed by atoms with van der Waals surface area (Å²) in [6, 6.07) is 7.19. The largest absolute Gasteiger partial charge is 0.491 e. The Labute approximate surface area is 142 Å². The van der Waals surface area contributed by atoms with Crippen LogP contribution in [0.25, 0.3) is 21.1 Å². The normalized spacial score (nSPS) is 16.3. The number of nitrogens with zero attached hydrogens (tertiary/aromatic N) is 4. The number of aromatic nitrogens is 3. The Bertz CT molecular complexity index is 895. The van der Waals surface area contributed by atoms with Crippen LogP contribution in [0.15, 0.2) is 41.8 Å². The van der Waals surface area contributed by atoms with Crippen molar-refractivity contribution in [1.29, 1.82) is 0 Å². The quantitative estimate of drug-likeness (QED) is 0.670. The molecule has 120 valence electrons. The SMILES string of the molecule is Cc1nc(-c2cccnc2)sc1-c1ccc2c(n1)C(N=O)CCO2. The predicted molar refractivity (Wildman–Crippen MR) is 92.0 cm³/mol. The summed E-state index contributed by atoms with van der Waals surface area (Å²) in [7, 11) is 0. The van der Waals surface area contributed by atoms with Crippen molar-refractivity contribution < 1.29 is 4.74 Å². The van der Waals surface area contributed by atoms with Crippen molar-refractivity contribution in [3.63, 3.8) is 0 Å². The van der Waals surface area contributed by atoms with Gasteiger partial charge >= 0.3 is 0 Å². The van der Waals surface area contributed by atoms with Gasteiger partial charge in [-0.2, -0.15) is 4.91 Å². The highest BCUT2D eigenvalue weighted by Crippen LogP contribution is 2.38. The van der Waals surface area contributed by atoms with Gasteiger partial charge in [-0.05, 0) is 31.2 Å². The van der Waals surface area contributed by atoms with Gasteiger partial charge in [0.05, 0.1) is 22.9 Å². The second kappa shape index (κ2) is 6.09. The zero-order valence-electron chi connectivity index (χ0n) is 13.0. The number of thiazole rings is 1. The summed E-state index contributed by atoms with van der Waals surface area (Å²) in [4.78, 5) is 25.5. The maximum absolute atomic E-state index is 11.1. The number of aryl methyl sites for hydroxylation is 1. The van der Waals surface area contributed by atoms with E-state index in [1.54, 1.807) is 23.7 Å². The van der Waals surface area contributed by atoms with Gasteiger partial charge < -0.3 is 4.74 Å². The van der Waals surface area contributed by atoms with Crippen LogP contribution in [0, 0.1) is 11.8 Å². The average Bonchev–Trinajstić information content (AvgIpc) is 3.03. The first-order chi connectivity index (χ1) is 11.8. The summed E-state index contributed by atoms with van der Waals surface area (Å²) in [5.74, 6) is 0.643. The van der Waals surface area contributed by atoms with Gasteiger partial charge in [0.2, 0.25) is 0 Å². The second-order valence-corrected chi connectivity index (χ2v) is 6.51. The monoisotopic (exact) mass is 338 g/mol. The van der Waals surface area contributed by atoms with Gasteiger partial charge in [-0.1, -0.05) is 5.18 Å². The number of ether oxygens (including phenoxy) is 1. The third-order valence-electron chi connectivity index (χ3n) is 3.92. The van der Waals surface area contributed by atoms with Crippen LogP contribution in [0.2, 0.25) is 0 Å². The smallest absolute Gasteiger partial charge is 0.143 e.